The molecule has 0 saturated heterocycles. The highest BCUT2D eigenvalue weighted by atomic mass is 16.5. The maximum atomic E-state index is 12.1. The van der Waals surface area contributed by atoms with Gasteiger partial charge in [-0.05, 0) is 43.5 Å². The predicted octanol–water partition coefficient (Wildman–Crippen LogP) is 3.89. The van der Waals surface area contributed by atoms with E-state index in [9.17, 15) is 9.90 Å². The second-order valence-electron chi connectivity index (χ2n) is 6.38. The second kappa shape index (κ2) is 5.21. The van der Waals surface area contributed by atoms with Crippen LogP contribution in [0.3, 0.4) is 0 Å². The Morgan fingerprint density at radius 3 is 2.50 bits per heavy atom. The van der Waals surface area contributed by atoms with Crippen molar-refractivity contribution < 1.29 is 14.3 Å². The summed E-state index contributed by atoms with van der Waals surface area (Å²) in [5.74, 6) is 0.651. The van der Waals surface area contributed by atoms with E-state index in [4.69, 9.17) is 9.15 Å². The van der Waals surface area contributed by atoms with Gasteiger partial charge >= 0.3 is 5.63 Å². The molecular weight excluding hydrogens is 304 g/mol. The number of para-hydroxylation sites is 1. The Bertz CT molecular complexity index is 1020. The molecule has 0 saturated carbocycles. The molecule has 0 fully saturated rings. The minimum Gasteiger partial charge on any atom is -0.482 e. The van der Waals surface area contributed by atoms with Gasteiger partial charge in [0, 0.05) is 22.6 Å². The van der Waals surface area contributed by atoms with Crippen molar-refractivity contribution in [1.82, 2.24) is 0 Å². The van der Waals surface area contributed by atoms with Crippen molar-refractivity contribution in [2.75, 3.05) is 0 Å². The zero-order valence-corrected chi connectivity index (χ0v) is 13.8. The molecule has 2 atom stereocenters. The average molecular weight is 322 g/mol. The van der Waals surface area contributed by atoms with Crippen molar-refractivity contribution in [2.45, 2.75) is 33.0 Å². The Kier molecular flexibility index (Phi) is 3.25. The number of rotatable bonds is 1. The topological polar surface area (TPSA) is 59.7 Å². The summed E-state index contributed by atoms with van der Waals surface area (Å²) in [5, 5.41) is 11.5. The van der Waals surface area contributed by atoms with Crippen molar-refractivity contribution in [3.05, 3.63) is 74.6 Å². The van der Waals surface area contributed by atoms with Gasteiger partial charge in [-0.15, -0.1) is 0 Å². The first kappa shape index (κ1) is 15.0. The van der Waals surface area contributed by atoms with Crippen molar-refractivity contribution in [3.8, 4) is 5.75 Å². The Balaban J connectivity index is 1.99. The normalized spacial score (nSPS) is 19.3. The van der Waals surface area contributed by atoms with E-state index in [1.54, 1.807) is 0 Å². The van der Waals surface area contributed by atoms with Crippen LogP contribution in [0.4, 0.5) is 0 Å². The molecule has 1 aromatic heterocycles. The standard InChI is InChI=1S/C20H18O4/c1-10-8-11(2)17-14(9-16(21)24-19(17)12(10)3)20-18(22)13-6-4-5-7-15(13)23-20/h4-9,18,20,22H,1-3H3/t18-,20+/m1/s1. The van der Waals surface area contributed by atoms with Crippen molar-refractivity contribution in [2.24, 2.45) is 0 Å². The van der Waals surface area contributed by atoms with E-state index < -0.39 is 17.8 Å². The molecule has 122 valence electrons. The van der Waals surface area contributed by atoms with Gasteiger partial charge in [0.1, 0.15) is 17.4 Å². The van der Waals surface area contributed by atoms with Crippen LogP contribution < -0.4 is 10.4 Å². The molecule has 0 spiro atoms. The first-order valence-corrected chi connectivity index (χ1v) is 7.95. The summed E-state index contributed by atoms with van der Waals surface area (Å²) in [6.07, 6.45) is -1.43. The molecule has 1 aliphatic rings. The highest BCUT2D eigenvalue weighted by Crippen LogP contribution is 2.46. The van der Waals surface area contributed by atoms with Crippen LogP contribution in [0.1, 0.15) is 40.0 Å². The number of aliphatic hydroxyl groups is 1. The number of hydrogen-bond donors (Lipinski definition) is 1. The molecule has 4 nitrogen and oxygen atoms in total. The lowest BCUT2D eigenvalue weighted by Crippen LogP contribution is -2.14. The second-order valence-corrected chi connectivity index (χ2v) is 6.38. The minimum atomic E-state index is -0.813. The van der Waals surface area contributed by atoms with Crippen LogP contribution in [0.25, 0.3) is 11.0 Å². The molecule has 0 bridgehead atoms. The van der Waals surface area contributed by atoms with Gasteiger partial charge in [-0.2, -0.15) is 0 Å². The van der Waals surface area contributed by atoms with E-state index >= 15 is 0 Å². The molecule has 0 aliphatic carbocycles. The SMILES string of the molecule is Cc1cc(C)c2c([C@@H]3Oc4ccccc4[C@H]3O)cc(=O)oc2c1C. The van der Waals surface area contributed by atoms with E-state index in [1.807, 2.05) is 45.0 Å². The first-order valence-electron chi connectivity index (χ1n) is 7.95. The highest BCUT2D eigenvalue weighted by molar-refractivity contribution is 5.87. The molecule has 4 heteroatoms. The van der Waals surface area contributed by atoms with Crippen LogP contribution in [0.15, 0.2) is 45.6 Å². The summed E-state index contributed by atoms with van der Waals surface area (Å²) in [5.41, 5.74) is 4.55. The van der Waals surface area contributed by atoms with Crippen LogP contribution in [0.5, 0.6) is 5.75 Å². The van der Waals surface area contributed by atoms with Crippen molar-refractivity contribution >= 4 is 11.0 Å². The number of benzene rings is 2. The average Bonchev–Trinajstić information content (AvgIpc) is 2.89. The van der Waals surface area contributed by atoms with Gasteiger partial charge in [0.05, 0.1) is 0 Å². The van der Waals surface area contributed by atoms with Crippen LogP contribution in [-0.4, -0.2) is 5.11 Å². The van der Waals surface area contributed by atoms with Gasteiger partial charge in [0.2, 0.25) is 0 Å². The molecule has 24 heavy (non-hydrogen) atoms. The van der Waals surface area contributed by atoms with E-state index in [2.05, 4.69) is 6.07 Å². The van der Waals surface area contributed by atoms with E-state index in [-0.39, 0.29) is 0 Å². The smallest absolute Gasteiger partial charge is 0.336 e. The molecule has 2 heterocycles. The lowest BCUT2D eigenvalue weighted by atomic mass is 9.93. The summed E-state index contributed by atoms with van der Waals surface area (Å²) in [4.78, 5) is 12.1. The molecule has 4 rings (SSSR count). The molecule has 0 unspecified atom stereocenters. The largest absolute Gasteiger partial charge is 0.482 e. The Morgan fingerprint density at radius 2 is 1.75 bits per heavy atom. The summed E-state index contributed by atoms with van der Waals surface area (Å²) in [6.45, 7) is 5.91. The third-order valence-electron chi connectivity index (χ3n) is 4.84. The summed E-state index contributed by atoms with van der Waals surface area (Å²) < 4.78 is 11.4. The third kappa shape index (κ3) is 2.07. The molecular formula is C20H18O4. The van der Waals surface area contributed by atoms with Gasteiger partial charge in [-0.1, -0.05) is 24.3 Å². The highest BCUT2D eigenvalue weighted by Gasteiger charge is 2.35. The van der Waals surface area contributed by atoms with Crippen LogP contribution in [0, 0.1) is 20.8 Å². The van der Waals surface area contributed by atoms with E-state index in [0.717, 1.165) is 27.6 Å². The van der Waals surface area contributed by atoms with Gasteiger partial charge in [0.25, 0.3) is 0 Å². The van der Waals surface area contributed by atoms with Crippen LogP contribution in [0.2, 0.25) is 0 Å². The molecule has 0 amide bonds. The van der Waals surface area contributed by atoms with Crippen molar-refractivity contribution in [3.63, 3.8) is 0 Å². The van der Waals surface area contributed by atoms with E-state index in [1.165, 1.54) is 6.07 Å². The monoisotopic (exact) mass is 322 g/mol. The number of aliphatic hydroxyl groups excluding tert-OH is 1. The summed E-state index contributed by atoms with van der Waals surface area (Å²) in [7, 11) is 0. The minimum absolute atomic E-state index is 0.433. The Morgan fingerprint density at radius 1 is 1.00 bits per heavy atom. The molecule has 1 aliphatic heterocycles. The van der Waals surface area contributed by atoms with Crippen LogP contribution in [-0.2, 0) is 0 Å². The van der Waals surface area contributed by atoms with Gasteiger partial charge in [0.15, 0.2) is 6.10 Å². The zero-order chi connectivity index (χ0) is 17.0. The third-order valence-corrected chi connectivity index (χ3v) is 4.84. The fraction of sp³-hybridized carbons (Fsp3) is 0.250. The number of aryl methyl sites for hydroxylation is 3. The van der Waals surface area contributed by atoms with Gasteiger partial charge in [-0.3, -0.25) is 0 Å². The Labute approximate surface area is 139 Å². The van der Waals surface area contributed by atoms with Gasteiger partial charge in [-0.25, -0.2) is 4.79 Å². The maximum absolute atomic E-state index is 12.1. The lowest BCUT2D eigenvalue weighted by molar-refractivity contribution is 0.0680. The zero-order valence-electron chi connectivity index (χ0n) is 13.8. The first-order chi connectivity index (χ1) is 11.5. The summed E-state index contributed by atoms with van der Waals surface area (Å²) in [6, 6.07) is 10.9. The number of ether oxygens (including phenoxy) is 1. The molecule has 0 radical (unpaired) electrons. The lowest BCUT2D eigenvalue weighted by Gasteiger charge is -2.19. The van der Waals surface area contributed by atoms with Crippen molar-refractivity contribution in [1.29, 1.82) is 0 Å². The number of fused-ring (bicyclic) bond motifs is 2. The fourth-order valence-electron chi connectivity index (χ4n) is 3.52. The number of hydrogen-bond acceptors (Lipinski definition) is 4. The van der Waals surface area contributed by atoms with Gasteiger partial charge < -0.3 is 14.3 Å². The molecule has 1 N–H and O–H groups in total. The molecule has 3 aromatic rings. The predicted molar refractivity (Wildman–Crippen MR) is 91.5 cm³/mol. The quantitative estimate of drug-likeness (QED) is 0.691. The Hall–Kier alpha value is -2.59. The fourth-order valence-corrected chi connectivity index (χ4v) is 3.52. The van der Waals surface area contributed by atoms with Crippen LogP contribution >= 0.6 is 0 Å². The molecule has 2 aromatic carbocycles. The maximum Gasteiger partial charge on any atom is 0.336 e. The summed E-state index contributed by atoms with van der Waals surface area (Å²) >= 11 is 0. The van der Waals surface area contributed by atoms with E-state index in [0.29, 0.717) is 16.9 Å².